The van der Waals surface area contributed by atoms with Gasteiger partial charge in [0.2, 0.25) is 10.0 Å². The number of anilines is 1. The second-order valence-corrected chi connectivity index (χ2v) is 7.56. The number of rotatable bonds is 5. The summed E-state index contributed by atoms with van der Waals surface area (Å²) in [6.45, 7) is 2.39. The Bertz CT molecular complexity index is 588. The molecule has 1 aromatic carbocycles. The first-order valence-corrected chi connectivity index (χ1v) is 8.33. The molecule has 19 heavy (non-hydrogen) atoms. The van der Waals surface area contributed by atoms with E-state index in [1.54, 1.807) is 0 Å². The molecule has 1 atom stereocenters. The lowest BCUT2D eigenvalue weighted by atomic mass is 10.1. The fourth-order valence-corrected chi connectivity index (χ4v) is 3.70. The fourth-order valence-electron chi connectivity index (χ4n) is 1.93. The summed E-state index contributed by atoms with van der Waals surface area (Å²) in [5, 5.41) is 0. The van der Waals surface area contributed by atoms with Gasteiger partial charge >= 0.3 is 0 Å². The first-order valence-electron chi connectivity index (χ1n) is 6.05. The summed E-state index contributed by atoms with van der Waals surface area (Å²) in [4.78, 5) is -0.0937. The highest BCUT2D eigenvalue weighted by atomic mass is 79.9. The Balaban J connectivity index is 2.16. The number of nitrogens with one attached hydrogen (secondary N) is 1. The lowest BCUT2D eigenvalue weighted by Crippen LogP contribution is -2.29. The van der Waals surface area contributed by atoms with Gasteiger partial charge in [0.15, 0.2) is 0 Å². The summed E-state index contributed by atoms with van der Waals surface area (Å²) in [5.41, 5.74) is 5.48. The van der Waals surface area contributed by atoms with Crippen LogP contribution < -0.4 is 10.5 Å². The maximum Gasteiger partial charge on any atom is 0.242 e. The van der Waals surface area contributed by atoms with E-state index in [-0.39, 0.29) is 15.1 Å². The highest BCUT2D eigenvalue weighted by molar-refractivity contribution is 9.10. The molecule has 0 aliphatic heterocycles. The number of halogens is 2. The molecule has 1 aliphatic rings. The molecule has 7 heteroatoms. The van der Waals surface area contributed by atoms with Crippen molar-refractivity contribution in [2.75, 3.05) is 12.3 Å². The first-order chi connectivity index (χ1) is 8.81. The molecule has 1 unspecified atom stereocenters. The molecule has 0 radical (unpaired) electrons. The van der Waals surface area contributed by atoms with Crippen LogP contribution in [0.2, 0.25) is 0 Å². The summed E-state index contributed by atoms with van der Waals surface area (Å²) >= 11 is 2.96. The molecular formula is C12H16BrFN2O2S. The van der Waals surface area contributed by atoms with Crippen LogP contribution in [0.3, 0.4) is 0 Å². The van der Waals surface area contributed by atoms with Gasteiger partial charge in [0.1, 0.15) is 10.7 Å². The number of nitrogen functional groups attached to an aromatic ring is 1. The van der Waals surface area contributed by atoms with Crippen molar-refractivity contribution in [2.24, 2.45) is 11.8 Å². The normalized spacial score (nSPS) is 17.4. The van der Waals surface area contributed by atoms with Crippen LogP contribution in [0.15, 0.2) is 21.5 Å². The van der Waals surface area contributed by atoms with Gasteiger partial charge in [-0.05, 0) is 52.7 Å². The summed E-state index contributed by atoms with van der Waals surface area (Å²) in [7, 11) is -3.70. The fraction of sp³-hybridized carbons (Fsp3) is 0.500. The molecule has 0 amide bonds. The molecule has 3 N–H and O–H groups in total. The lowest BCUT2D eigenvalue weighted by molar-refractivity contribution is 0.492. The molecular weight excluding hydrogens is 335 g/mol. The van der Waals surface area contributed by atoms with E-state index >= 15 is 0 Å². The van der Waals surface area contributed by atoms with E-state index < -0.39 is 15.8 Å². The zero-order valence-corrected chi connectivity index (χ0v) is 12.9. The van der Waals surface area contributed by atoms with Gasteiger partial charge < -0.3 is 5.73 Å². The van der Waals surface area contributed by atoms with Crippen molar-refractivity contribution in [1.29, 1.82) is 0 Å². The smallest absolute Gasteiger partial charge is 0.242 e. The first kappa shape index (κ1) is 14.7. The Labute approximate surface area is 120 Å². The van der Waals surface area contributed by atoms with E-state index in [2.05, 4.69) is 20.7 Å². The molecule has 0 bridgehead atoms. The lowest BCUT2D eigenvalue weighted by Gasteiger charge is -2.13. The zero-order valence-electron chi connectivity index (χ0n) is 10.5. The van der Waals surface area contributed by atoms with Crippen molar-refractivity contribution in [3.8, 4) is 0 Å². The molecule has 0 saturated heterocycles. The zero-order chi connectivity index (χ0) is 14.2. The summed E-state index contributed by atoms with van der Waals surface area (Å²) in [6.07, 6.45) is 2.32. The Morgan fingerprint density at radius 3 is 2.74 bits per heavy atom. The minimum atomic E-state index is -3.70. The van der Waals surface area contributed by atoms with Crippen molar-refractivity contribution in [3.05, 3.63) is 22.4 Å². The van der Waals surface area contributed by atoms with E-state index in [1.807, 2.05) is 6.92 Å². The van der Waals surface area contributed by atoms with Gasteiger partial charge in [-0.3, -0.25) is 0 Å². The highest BCUT2D eigenvalue weighted by Gasteiger charge is 2.29. The standard InChI is InChI=1S/C12H16BrFN2O2S/c1-7(8-2-3-8)6-16-19(17,18)12-4-9(13)10(14)5-11(12)15/h4-5,7-8,16H,2-3,6,15H2,1H3. The number of nitrogens with two attached hydrogens (primary N) is 1. The molecule has 1 fully saturated rings. The van der Waals surface area contributed by atoms with E-state index in [9.17, 15) is 12.8 Å². The van der Waals surface area contributed by atoms with E-state index in [1.165, 1.54) is 6.07 Å². The van der Waals surface area contributed by atoms with Gasteiger partial charge in [0.05, 0.1) is 10.2 Å². The van der Waals surface area contributed by atoms with Crippen molar-refractivity contribution >= 4 is 31.6 Å². The maximum absolute atomic E-state index is 13.2. The molecule has 106 valence electrons. The van der Waals surface area contributed by atoms with E-state index in [0.717, 1.165) is 18.9 Å². The predicted molar refractivity (Wildman–Crippen MR) is 75.6 cm³/mol. The predicted octanol–water partition coefficient (Wildman–Crippen LogP) is 2.49. The molecule has 0 aromatic heterocycles. The van der Waals surface area contributed by atoms with Crippen molar-refractivity contribution in [3.63, 3.8) is 0 Å². The third-order valence-electron chi connectivity index (χ3n) is 3.36. The second-order valence-electron chi connectivity index (χ2n) is 4.97. The monoisotopic (exact) mass is 350 g/mol. The van der Waals surface area contributed by atoms with Crippen molar-refractivity contribution in [2.45, 2.75) is 24.7 Å². The Kier molecular flexibility index (Phi) is 4.17. The largest absolute Gasteiger partial charge is 0.398 e. The summed E-state index contributed by atoms with van der Waals surface area (Å²) < 4.78 is 40.1. The SMILES string of the molecule is CC(CNS(=O)(=O)c1cc(Br)c(F)cc1N)C1CC1. The van der Waals surface area contributed by atoms with E-state index in [4.69, 9.17) is 5.73 Å². The van der Waals surface area contributed by atoms with Crippen molar-refractivity contribution in [1.82, 2.24) is 4.72 Å². The third-order valence-corrected chi connectivity index (χ3v) is 5.45. The third kappa shape index (κ3) is 3.46. The number of benzene rings is 1. The van der Waals surface area contributed by atoms with Gasteiger partial charge in [-0.15, -0.1) is 0 Å². The van der Waals surface area contributed by atoms with Crippen LogP contribution in [0.4, 0.5) is 10.1 Å². The van der Waals surface area contributed by atoms with Crippen molar-refractivity contribution < 1.29 is 12.8 Å². The summed E-state index contributed by atoms with van der Waals surface area (Å²) in [6, 6.07) is 2.19. The van der Waals surface area contributed by atoms with Crippen LogP contribution >= 0.6 is 15.9 Å². The molecule has 0 heterocycles. The quantitative estimate of drug-likeness (QED) is 0.801. The van der Waals surface area contributed by atoms with Crippen LogP contribution in [-0.4, -0.2) is 15.0 Å². The average molecular weight is 351 g/mol. The topological polar surface area (TPSA) is 72.2 Å². The number of hydrogen-bond acceptors (Lipinski definition) is 3. The van der Waals surface area contributed by atoms with Crippen LogP contribution in [0.25, 0.3) is 0 Å². The summed E-state index contributed by atoms with van der Waals surface area (Å²) in [5.74, 6) is 0.336. The van der Waals surface area contributed by atoms with Crippen LogP contribution in [0, 0.1) is 17.7 Å². The molecule has 2 rings (SSSR count). The second kappa shape index (κ2) is 5.38. The number of sulfonamides is 1. The molecule has 1 aromatic rings. The molecule has 0 spiro atoms. The number of hydrogen-bond donors (Lipinski definition) is 2. The highest BCUT2D eigenvalue weighted by Crippen LogP contribution is 2.36. The van der Waals surface area contributed by atoms with Gasteiger partial charge in [-0.2, -0.15) is 0 Å². The molecule has 1 aliphatic carbocycles. The van der Waals surface area contributed by atoms with E-state index in [0.29, 0.717) is 18.4 Å². The van der Waals surface area contributed by atoms with Crippen LogP contribution in [0.5, 0.6) is 0 Å². The van der Waals surface area contributed by atoms with Crippen LogP contribution in [0.1, 0.15) is 19.8 Å². The minimum Gasteiger partial charge on any atom is -0.398 e. The Morgan fingerprint density at radius 1 is 1.53 bits per heavy atom. The Hall–Kier alpha value is -0.660. The van der Waals surface area contributed by atoms with Gasteiger partial charge in [0, 0.05) is 6.54 Å². The average Bonchev–Trinajstić information content (AvgIpc) is 3.14. The van der Waals surface area contributed by atoms with Gasteiger partial charge in [0.25, 0.3) is 0 Å². The molecule has 1 saturated carbocycles. The maximum atomic E-state index is 13.2. The van der Waals surface area contributed by atoms with Gasteiger partial charge in [-0.1, -0.05) is 6.92 Å². The Morgan fingerprint density at radius 2 is 2.16 bits per heavy atom. The van der Waals surface area contributed by atoms with Crippen LogP contribution in [-0.2, 0) is 10.0 Å². The molecule has 4 nitrogen and oxygen atoms in total. The minimum absolute atomic E-state index is 0.0808. The van der Waals surface area contributed by atoms with Gasteiger partial charge in [-0.25, -0.2) is 17.5 Å².